The third-order valence-corrected chi connectivity index (χ3v) is 11.0. The van der Waals surface area contributed by atoms with E-state index in [0.717, 1.165) is 36.1 Å². The van der Waals surface area contributed by atoms with Crippen molar-refractivity contribution in [3.8, 4) is 0 Å². The van der Waals surface area contributed by atoms with Crippen LogP contribution in [-0.2, 0) is 14.8 Å². The maximum absolute atomic E-state index is 13.2. The van der Waals surface area contributed by atoms with Crippen LogP contribution in [0.15, 0.2) is 40.6 Å². The van der Waals surface area contributed by atoms with E-state index in [0.29, 0.717) is 29.8 Å². The standard InChI is InChI=1S/C23H27N3O3S3/c1-16-8-9-21(30-16)32(28,29)26-12-4-5-18(15-26)23(27)25-13-10-17(11-14-25)22-24-19-6-2-3-7-20(19)31-22/h2-3,6-9,17-18H,4-5,10-15H2,1H3. The lowest BCUT2D eigenvalue weighted by molar-refractivity contribution is -0.137. The second kappa shape index (κ2) is 8.85. The smallest absolute Gasteiger partial charge is 0.252 e. The molecule has 2 aliphatic heterocycles. The van der Waals surface area contributed by atoms with E-state index < -0.39 is 10.0 Å². The molecular weight excluding hydrogens is 462 g/mol. The molecule has 5 rings (SSSR count). The maximum atomic E-state index is 13.2. The van der Waals surface area contributed by atoms with Crippen molar-refractivity contribution in [3.63, 3.8) is 0 Å². The molecule has 9 heteroatoms. The van der Waals surface area contributed by atoms with Gasteiger partial charge in [-0.1, -0.05) is 12.1 Å². The van der Waals surface area contributed by atoms with E-state index in [1.807, 2.05) is 36.1 Å². The number of carbonyl (C=O) groups is 1. The molecule has 0 radical (unpaired) electrons. The average Bonchev–Trinajstić information content (AvgIpc) is 3.45. The SMILES string of the molecule is Cc1ccc(S(=O)(=O)N2CCCC(C(=O)N3CCC(c4nc5ccccc5s4)CC3)C2)s1. The summed E-state index contributed by atoms with van der Waals surface area (Å²) >= 11 is 3.05. The van der Waals surface area contributed by atoms with Gasteiger partial charge in [0.25, 0.3) is 10.0 Å². The molecule has 32 heavy (non-hydrogen) atoms. The topological polar surface area (TPSA) is 70.6 Å². The van der Waals surface area contributed by atoms with Crippen molar-refractivity contribution in [2.24, 2.45) is 5.92 Å². The van der Waals surface area contributed by atoms with Crippen molar-refractivity contribution < 1.29 is 13.2 Å². The van der Waals surface area contributed by atoms with Gasteiger partial charge in [0.15, 0.2) is 0 Å². The summed E-state index contributed by atoms with van der Waals surface area (Å²) in [7, 11) is -3.52. The summed E-state index contributed by atoms with van der Waals surface area (Å²) in [4.78, 5) is 21.0. The van der Waals surface area contributed by atoms with Crippen molar-refractivity contribution in [2.75, 3.05) is 26.2 Å². The van der Waals surface area contributed by atoms with E-state index in [2.05, 4.69) is 6.07 Å². The van der Waals surface area contributed by atoms with E-state index in [4.69, 9.17) is 4.98 Å². The Balaban J connectivity index is 1.22. The van der Waals surface area contributed by atoms with Gasteiger partial charge in [0.05, 0.1) is 21.1 Å². The molecule has 3 aromatic rings. The largest absolute Gasteiger partial charge is 0.342 e. The minimum Gasteiger partial charge on any atom is -0.342 e. The van der Waals surface area contributed by atoms with E-state index in [-0.39, 0.29) is 18.4 Å². The normalized spacial score (nSPS) is 21.3. The number of nitrogens with zero attached hydrogens (tertiary/aromatic N) is 3. The third-order valence-electron chi connectivity index (χ3n) is 6.51. The summed E-state index contributed by atoms with van der Waals surface area (Å²) in [6.07, 6.45) is 3.30. The number of amides is 1. The molecule has 2 aromatic heterocycles. The van der Waals surface area contributed by atoms with Crippen LogP contribution in [0.3, 0.4) is 0 Å². The zero-order chi connectivity index (χ0) is 22.3. The number of hydrogen-bond donors (Lipinski definition) is 0. The molecule has 1 unspecified atom stereocenters. The van der Waals surface area contributed by atoms with E-state index >= 15 is 0 Å². The highest BCUT2D eigenvalue weighted by Gasteiger charge is 2.36. The zero-order valence-electron chi connectivity index (χ0n) is 18.1. The lowest BCUT2D eigenvalue weighted by Gasteiger charge is -2.37. The van der Waals surface area contributed by atoms with Crippen LogP contribution in [0.2, 0.25) is 0 Å². The van der Waals surface area contributed by atoms with Crippen molar-refractivity contribution in [1.29, 1.82) is 0 Å². The average molecular weight is 490 g/mol. The first-order valence-electron chi connectivity index (χ1n) is 11.1. The highest BCUT2D eigenvalue weighted by molar-refractivity contribution is 7.91. The van der Waals surface area contributed by atoms with E-state index in [9.17, 15) is 13.2 Å². The number of aromatic nitrogens is 1. The molecule has 0 saturated carbocycles. The molecule has 1 aromatic carbocycles. The third kappa shape index (κ3) is 4.23. The number of thiophene rings is 1. The Kier molecular flexibility index (Phi) is 6.09. The Hall–Kier alpha value is -1.81. The highest BCUT2D eigenvalue weighted by atomic mass is 32.2. The van der Waals surface area contributed by atoms with Gasteiger partial charge in [-0.2, -0.15) is 4.31 Å². The highest BCUT2D eigenvalue weighted by Crippen LogP contribution is 2.35. The first-order chi connectivity index (χ1) is 15.4. The quantitative estimate of drug-likeness (QED) is 0.542. The summed E-state index contributed by atoms with van der Waals surface area (Å²) in [5, 5.41) is 1.17. The van der Waals surface area contributed by atoms with Crippen LogP contribution in [0.4, 0.5) is 0 Å². The van der Waals surface area contributed by atoms with Crippen molar-refractivity contribution in [2.45, 2.75) is 42.7 Å². The number of para-hydroxylation sites is 1. The molecule has 0 spiro atoms. The fourth-order valence-electron chi connectivity index (χ4n) is 4.71. The minimum absolute atomic E-state index is 0.106. The van der Waals surface area contributed by atoms with Gasteiger partial charge in [-0.25, -0.2) is 13.4 Å². The number of rotatable bonds is 4. The van der Waals surface area contributed by atoms with Gasteiger partial charge >= 0.3 is 0 Å². The molecule has 1 amide bonds. The van der Waals surface area contributed by atoms with Gasteiger partial charge in [-0.3, -0.25) is 4.79 Å². The Bertz CT molecular complexity index is 1190. The van der Waals surface area contributed by atoms with Gasteiger partial charge in [0, 0.05) is 37.0 Å². The Morgan fingerprint density at radius 1 is 1.03 bits per heavy atom. The molecule has 4 heterocycles. The van der Waals surface area contributed by atoms with Crippen LogP contribution < -0.4 is 0 Å². The van der Waals surface area contributed by atoms with Gasteiger partial charge in [-0.05, 0) is 56.9 Å². The monoisotopic (exact) mass is 489 g/mol. The molecule has 0 bridgehead atoms. The van der Waals surface area contributed by atoms with Crippen LogP contribution >= 0.6 is 22.7 Å². The number of sulfonamides is 1. The van der Waals surface area contributed by atoms with Crippen molar-refractivity contribution >= 4 is 48.8 Å². The van der Waals surface area contributed by atoms with Crippen LogP contribution in [0.5, 0.6) is 0 Å². The first-order valence-corrected chi connectivity index (χ1v) is 14.2. The summed E-state index contributed by atoms with van der Waals surface area (Å²) < 4.78 is 29.1. The number of fused-ring (bicyclic) bond motifs is 1. The summed E-state index contributed by atoms with van der Waals surface area (Å²) in [6, 6.07) is 11.7. The van der Waals surface area contributed by atoms with Crippen LogP contribution in [0, 0.1) is 12.8 Å². The Morgan fingerprint density at radius 2 is 1.81 bits per heavy atom. The maximum Gasteiger partial charge on any atom is 0.252 e. The summed E-state index contributed by atoms with van der Waals surface area (Å²) in [6.45, 7) is 4.11. The van der Waals surface area contributed by atoms with Crippen molar-refractivity contribution in [1.82, 2.24) is 14.2 Å². The number of carbonyl (C=O) groups excluding carboxylic acids is 1. The predicted octanol–water partition coefficient (Wildman–Crippen LogP) is 4.47. The lowest BCUT2D eigenvalue weighted by atomic mass is 9.93. The molecule has 0 N–H and O–H groups in total. The number of thiazole rings is 1. The molecule has 6 nitrogen and oxygen atoms in total. The first kappa shape index (κ1) is 22.0. The van der Waals surface area contributed by atoms with Crippen LogP contribution in [-0.4, -0.2) is 54.7 Å². The Morgan fingerprint density at radius 3 is 2.53 bits per heavy atom. The van der Waals surface area contributed by atoms with Crippen LogP contribution in [0.25, 0.3) is 10.2 Å². The van der Waals surface area contributed by atoms with Gasteiger partial charge in [0.2, 0.25) is 5.91 Å². The minimum atomic E-state index is -3.52. The second-order valence-corrected chi connectivity index (χ2v) is 13.2. The number of benzene rings is 1. The van der Waals surface area contributed by atoms with Gasteiger partial charge in [-0.15, -0.1) is 22.7 Å². The molecule has 1 atom stereocenters. The Labute approximate surface area is 196 Å². The lowest BCUT2D eigenvalue weighted by Crippen LogP contribution is -2.48. The van der Waals surface area contributed by atoms with E-state index in [1.54, 1.807) is 17.4 Å². The number of piperidine rings is 2. The van der Waals surface area contributed by atoms with Gasteiger partial charge in [0.1, 0.15) is 4.21 Å². The molecular formula is C23H27N3O3S3. The second-order valence-electron chi connectivity index (χ2n) is 8.69. The fraction of sp³-hybridized carbons (Fsp3) is 0.478. The predicted molar refractivity (Wildman–Crippen MR) is 129 cm³/mol. The van der Waals surface area contributed by atoms with E-state index in [1.165, 1.54) is 25.3 Å². The molecule has 2 aliphatic rings. The van der Waals surface area contributed by atoms with Gasteiger partial charge < -0.3 is 4.90 Å². The summed E-state index contributed by atoms with van der Waals surface area (Å²) in [5.41, 5.74) is 1.05. The molecule has 0 aliphatic carbocycles. The summed E-state index contributed by atoms with van der Waals surface area (Å²) in [5.74, 6) is 0.246. The molecule has 2 fully saturated rings. The fourth-order valence-corrected chi connectivity index (χ4v) is 8.81. The molecule has 170 valence electrons. The number of aryl methyl sites for hydroxylation is 1. The number of hydrogen-bond acceptors (Lipinski definition) is 6. The van der Waals surface area contributed by atoms with Crippen LogP contribution in [0.1, 0.15) is 41.5 Å². The zero-order valence-corrected chi connectivity index (χ0v) is 20.5. The number of likely N-dealkylation sites (tertiary alicyclic amines) is 1. The molecule has 2 saturated heterocycles. The van der Waals surface area contributed by atoms with Crippen molar-refractivity contribution in [3.05, 3.63) is 46.3 Å².